The summed E-state index contributed by atoms with van der Waals surface area (Å²) < 4.78 is 116. The van der Waals surface area contributed by atoms with Crippen molar-refractivity contribution in [1.29, 1.82) is 0 Å². The average molecular weight is 1250 g/mol. The van der Waals surface area contributed by atoms with Gasteiger partial charge in [-0.1, -0.05) is 0 Å². The predicted octanol–water partition coefficient (Wildman–Crippen LogP) is 4.99. The molecule has 0 saturated carbocycles. The molecule has 24 nitrogen and oxygen atoms in total. The number of rotatable bonds is 52. The summed E-state index contributed by atoms with van der Waals surface area (Å²) in [5.74, 6) is 2.48. The summed E-state index contributed by atoms with van der Waals surface area (Å²) in [5.41, 5.74) is 35.9. The van der Waals surface area contributed by atoms with E-state index in [1.54, 1.807) is 28.4 Å². The molecule has 0 saturated heterocycles. The van der Waals surface area contributed by atoms with Crippen LogP contribution in [0.15, 0.2) is 48.5 Å². The van der Waals surface area contributed by atoms with E-state index in [0.717, 1.165) is 44.5 Å². The zero-order valence-electron chi connectivity index (χ0n) is 52.5. The van der Waals surface area contributed by atoms with Gasteiger partial charge in [0.2, 0.25) is 0 Å². The Labute approximate surface area is 520 Å². The van der Waals surface area contributed by atoms with E-state index in [4.69, 9.17) is 118 Å². The van der Waals surface area contributed by atoms with Crippen LogP contribution in [0.3, 0.4) is 0 Å². The molecule has 0 amide bonds. The third kappa shape index (κ3) is 30.0. The highest BCUT2D eigenvalue weighted by molar-refractivity contribution is 5.65. The van der Waals surface area contributed by atoms with Gasteiger partial charge in [0, 0.05) is 121 Å². The predicted molar refractivity (Wildman–Crippen MR) is 334 cm³/mol. The zero-order chi connectivity index (χ0) is 62.5. The SMILES string of the molecule is COCCOCCOCCOCCOc1c2cc(N)cc1Cc1cc(N)cc(c1OCCOCCOCCOCCOC)Cc1cc(N)cc(c1OCCOCCOCCOCCOC)Cc1cc(N)cc(c1OCCOCCOCCOCCOC)C2. The first-order chi connectivity index (χ1) is 43.2. The highest BCUT2D eigenvalue weighted by Gasteiger charge is 2.24. The van der Waals surface area contributed by atoms with E-state index < -0.39 is 0 Å². The van der Waals surface area contributed by atoms with Crippen LogP contribution in [0.4, 0.5) is 22.7 Å². The second-order valence-corrected chi connectivity index (χ2v) is 20.1. The van der Waals surface area contributed by atoms with Crippen LogP contribution >= 0.6 is 0 Å². The van der Waals surface area contributed by atoms with Crippen molar-refractivity contribution in [2.75, 3.05) is 263 Å². The second-order valence-electron chi connectivity index (χ2n) is 20.1. The van der Waals surface area contributed by atoms with E-state index in [1.165, 1.54) is 0 Å². The van der Waals surface area contributed by atoms with Crippen molar-refractivity contribution in [3.63, 3.8) is 0 Å². The molecule has 1 aliphatic carbocycles. The third-order valence-corrected chi connectivity index (χ3v) is 13.2. The topological polar surface area (TPSA) is 289 Å². The number of nitrogens with two attached hydrogens (primary N) is 4. The van der Waals surface area contributed by atoms with Gasteiger partial charge in [-0.25, -0.2) is 0 Å². The Morgan fingerprint density at radius 3 is 0.466 bits per heavy atom. The summed E-state index contributed by atoms with van der Waals surface area (Å²) in [6, 6.07) is 15.4. The van der Waals surface area contributed by atoms with Gasteiger partial charge < -0.3 is 118 Å². The standard InChI is InChI=1S/C64H100N4O20/c1-69-5-9-73-13-17-77-21-25-81-29-33-85-61-49-37-51-43-58(66)45-53(62(51)86-34-30-82-26-22-78-18-14-74-10-6-70-2)39-55-47-60(68)48-56(64(55)88-36-32-84-28-24-80-20-16-76-12-8-72-4)40-54-46-59(67)44-52(38-50(61)42-57(65)41-49)63(54)87-35-31-83-27-23-79-19-15-75-11-7-71-3/h41-48H,5-40,65-68H2,1-4H3. The molecule has 4 aromatic carbocycles. The minimum Gasteiger partial charge on any atom is -0.491 e. The molecule has 0 fully saturated rings. The van der Waals surface area contributed by atoms with Crippen LogP contribution in [-0.2, 0) is 101 Å². The average Bonchev–Trinajstić information content (AvgIpc) is 2.45. The summed E-state index contributed by atoms with van der Waals surface area (Å²) in [5, 5.41) is 0. The van der Waals surface area contributed by atoms with Gasteiger partial charge in [-0.3, -0.25) is 0 Å². The second kappa shape index (κ2) is 46.7. The van der Waals surface area contributed by atoms with Gasteiger partial charge in [-0.2, -0.15) is 0 Å². The molecule has 0 aromatic heterocycles. The lowest BCUT2D eigenvalue weighted by Crippen LogP contribution is -2.16. The summed E-state index contributed by atoms with van der Waals surface area (Å²) in [6.45, 7) is 12.7. The van der Waals surface area contributed by atoms with E-state index in [2.05, 4.69) is 0 Å². The number of hydrogen-bond donors (Lipinski definition) is 4. The van der Waals surface area contributed by atoms with Gasteiger partial charge in [-0.15, -0.1) is 0 Å². The summed E-state index contributed by atoms with van der Waals surface area (Å²) in [7, 11) is 6.55. The molecule has 0 aliphatic heterocycles. The van der Waals surface area contributed by atoms with Crippen molar-refractivity contribution in [1.82, 2.24) is 0 Å². The van der Waals surface area contributed by atoms with Crippen molar-refractivity contribution >= 4 is 22.7 Å². The maximum Gasteiger partial charge on any atom is 0.126 e. The van der Waals surface area contributed by atoms with Crippen LogP contribution in [0.5, 0.6) is 23.0 Å². The van der Waals surface area contributed by atoms with Crippen molar-refractivity contribution < 1.29 is 94.7 Å². The zero-order valence-corrected chi connectivity index (χ0v) is 52.5. The Morgan fingerprint density at radius 2 is 0.330 bits per heavy atom. The maximum atomic E-state index is 6.88. The molecule has 8 bridgehead atoms. The Bertz CT molecular complexity index is 2050. The van der Waals surface area contributed by atoms with Gasteiger partial charge in [-0.05, 0) is 48.5 Å². The smallest absolute Gasteiger partial charge is 0.126 e. The fraction of sp³-hybridized carbons (Fsp3) is 0.625. The van der Waals surface area contributed by atoms with Crippen LogP contribution in [0.1, 0.15) is 44.5 Å². The van der Waals surface area contributed by atoms with E-state index in [-0.39, 0.29) is 52.9 Å². The van der Waals surface area contributed by atoms with Crippen molar-refractivity contribution in [2.24, 2.45) is 0 Å². The van der Waals surface area contributed by atoms with Crippen LogP contribution < -0.4 is 41.9 Å². The van der Waals surface area contributed by atoms with Gasteiger partial charge in [0.15, 0.2) is 0 Å². The van der Waals surface area contributed by atoms with Gasteiger partial charge in [0.25, 0.3) is 0 Å². The highest BCUT2D eigenvalue weighted by atomic mass is 16.6. The lowest BCUT2D eigenvalue weighted by molar-refractivity contribution is 0.0000230. The van der Waals surface area contributed by atoms with Gasteiger partial charge >= 0.3 is 0 Å². The molecule has 1 aliphatic rings. The van der Waals surface area contributed by atoms with Crippen LogP contribution in [-0.4, -0.2) is 240 Å². The molecule has 0 spiro atoms. The van der Waals surface area contributed by atoms with Crippen molar-refractivity contribution in [3.8, 4) is 23.0 Å². The molecule has 24 heteroatoms. The van der Waals surface area contributed by atoms with Crippen LogP contribution in [0.25, 0.3) is 0 Å². The Kier molecular flexibility index (Phi) is 38.9. The molecule has 0 radical (unpaired) electrons. The molecule has 8 N–H and O–H groups in total. The first kappa shape index (κ1) is 73.4. The number of anilines is 4. The van der Waals surface area contributed by atoms with Gasteiger partial charge in [0.1, 0.15) is 49.4 Å². The lowest BCUT2D eigenvalue weighted by Gasteiger charge is -2.24. The Morgan fingerprint density at radius 1 is 0.205 bits per heavy atom. The maximum absolute atomic E-state index is 6.88. The molecule has 0 unspecified atom stereocenters. The number of fused-ring (bicyclic) bond motifs is 8. The molecule has 496 valence electrons. The summed E-state index contributed by atoms with van der Waals surface area (Å²) in [4.78, 5) is 0. The van der Waals surface area contributed by atoms with E-state index >= 15 is 0 Å². The lowest BCUT2D eigenvalue weighted by atomic mass is 9.90. The van der Waals surface area contributed by atoms with E-state index in [0.29, 0.717) is 230 Å². The number of benzene rings is 4. The normalized spacial score (nSPS) is 12.2. The Hall–Kier alpha value is -5.36. The largest absolute Gasteiger partial charge is 0.491 e. The van der Waals surface area contributed by atoms with E-state index in [9.17, 15) is 0 Å². The van der Waals surface area contributed by atoms with Crippen molar-refractivity contribution in [2.45, 2.75) is 25.7 Å². The molecule has 0 atom stereocenters. The molecule has 4 aromatic rings. The Balaban J connectivity index is 1.48. The third-order valence-electron chi connectivity index (χ3n) is 13.2. The molecular weight excluding hydrogens is 1140 g/mol. The van der Waals surface area contributed by atoms with Crippen LogP contribution in [0.2, 0.25) is 0 Å². The fourth-order valence-corrected chi connectivity index (χ4v) is 9.29. The monoisotopic (exact) mass is 1240 g/mol. The number of nitrogen functional groups attached to an aromatic ring is 4. The van der Waals surface area contributed by atoms with E-state index in [1.807, 2.05) is 48.5 Å². The number of methoxy groups -OCH3 is 4. The molecule has 5 rings (SSSR count). The summed E-state index contributed by atoms with van der Waals surface area (Å²) in [6.07, 6.45) is 1.24. The minimum absolute atomic E-state index is 0.216. The fourth-order valence-electron chi connectivity index (χ4n) is 9.29. The number of ether oxygens (including phenoxy) is 20. The highest BCUT2D eigenvalue weighted by Crippen LogP contribution is 2.42. The van der Waals surface area contributed by atoms with Crippen LogP contribution in [0, 0.1) is 0 Å². The number of hydrogen-bond acceptors (Lipinski definition) is 24. The first-order valence-corrected chi connectivity index (χ1v) is 30.3. The van der Waals surface area contributed by atoms with Gasteiger partial charge in [0.05, 0.1) is 185 Å². The van der Waals surface area contributed by atoms with Crippen molar-refractivity contribution in [3.05, 3.63) is 93.0 Å². The molecule has 0 heterocycles. The summed E-state index contributed by atoms with van der Waals surface area (Å²) >= 11 is 0. The molecule has 88 heavy (non-hydrogen) atoms. The minimum atomic E-state index is 0.216. The molecular formula is C64H100N4O20. The quantitative estimate of drug-likeness (QED) is 0.0294. The first-order valence-electron chi connectivity index (χ1n) is 30.3.